The number of Topliss-reactive ketones (excluding diaryl/α,β-unsaturated/α-hetero) is 1. The highest BCUT2D eigenvalue weighted by molar-refractivity contribution is 5.83. The first-order valence-corrected chi connectivity index (χ1v) is 11.8. The van der Waals surface area contributed by atoms with E-state index in [1.807, 2.05) is 30.3 Å². The molecule has 168 valence electrons. The van der Waals surface area contributed by atoms with Gasteiger partial charge < -0.3 is 11.1 Å². The fraction of sp³-hybridized carbons (Fsp3) is 0.692. The molecular weight excluding hydrogens is 372 g/mol. The quantitative estimate of drug-likeness (QED) is 0.547. The van der Waals surface area contributed by atoms with E-state index in [4.69, 9.17) is 5.73 Å². The normalized spacial score (nSPS) is 23.9. The van der Waals surface area contributed by atoms with Gasteiger partial charge in [0, 0.05) is 12.3 Å². The number of rotatable bonds is 10. The van der Waals surface area contributed by atoms with Crippen molar-refractivity contribution in [1.29, 1.82) is 0 Å². The third kappa shape index (κ3) is 7.23. The van der Waals surface area contributed by atoms with Crippen molar-refractivity contribution >= 4 is 11.7 Å². The Morgan fingerprint density at radius 1 is 1.10 bits per heavy atom. The lowest BCUT2D eigenvalue weighted by atomic mass is 9.68. The average molecular weight is 415 g/mol. The van der Waals surface area contributed by atoms with Crippen LogP contribution >= 0.6 is 0 Å². The van der Waals surface area contributed by atoms with Crippen LogP contribution in [0.2, 0.25) is 0 Å². The monoisotopic (exact) mass is 414 g/mol. The third-order valence-electron chi connectivity index (χ3n) is 6.70. The summed E-state index contributed by atoms with van der Waals surface area (Å²) in [5.74, 6) is 2.39. The Morgan fingerprint density at radius 3 is 2.37 bits per heavy atom. The van der Waals surface area contributed by atoms with Gasteiger partial charge in [-0.3, -0.25) is 9.59 Å². The molecule has 0 bridgehead atoms. The molecule has 0 unspecified atom stereocenters. The first-order valence-electron chi connectivity index (χ1n) is 11.8. The maximum atomic E-state index is 13.2. The molecule has 4 heteroatoms. The summed E-state index contributed by atoms with van der Waals surface area (Å²) < 4.78 is 0. The SMILES string of the molecule is CC(C)C[C@H](N)C(=O)N[C@H](CCC(=O)[C@@H]1C[C@H](C)CC[C@H]1C(C)C)c1ccccc1. The lowest BCUT2D eigenvalue weighted by Crippen LogP contribution is -2.43. The predicted molar refractivity (Wildman–Crippen MR) is 124 cm³/mol. The van der Waals surface area contributed by atoms with Crippen molar-refractivity contribution < 1.29 is 9.59 Å². The highest BCUT2D eigenvalue weighted by Gasteiger charge is 2.35. The average Bonchev–Trinajstić information content (AvgIpc) is 2.70. The van der Waals surface area contributed by atoms with Gasteiger partial charge in [-0.1, -0.05) is 71.4 Å². The second-order valence-electron chi connectivity index (χ2n) is 10.1. The molecule has 30 heavy (non-hydrogen) atoms. The molecule has 3 N–H and O–H groups in total. The number of carbonyl (C=O) groups excluding carboxylic acids is 2. The summed E-state index contributed by atoms with van der Waals surface area (Å²) in [6.07, 6.45) is 5.16. The zero-order valence-electron chi connectivity index (χ0n) is 19.6. The Morgan fingerprint density at radius 2 is 1.77 bits per heavy atom. The van der Waals surface area contributed by atoms with Gasteiger partial charge in [0.05, 0.1) is 12.1 Å². The molecule has 0 aromatic heterocycles. The van der Waals surface area contributed by atoms with Gasteiger partial charge in [-0.15, -0.1) is 0 Å². The number of hydrogen-bond acceptors (Lipinski definition) is 3. The molecule has 0 saturated heterocycles. The molecule has 1 fully saturated rings. The Kier molecular flexibility index (Phi) is 9.54. The number of nitrogens with one attached hydrogen (secondary N) is 1. The van der Waals surface area contributed by atoms with E-state index in [0.717, 1.165) is 18.4 Å². The van der Waals surface area contributed by atoms with Crippen LogP contribution in [0.5, 0.6) is 0 Å². The maximum absolute atomic E-state index is 13.2. The zero-order valence-corrected chi connectivity index (χ0v) is 19.6. The highest BCUT2D eigenvalue weighted by Crippen LogP contribution is 2.39. The van der Waals surface area contributed by atoms with E-state index < -0.39 is 6.04 Å². The molecule has 1 aliphatic carbocycles. The predicted octanol–water partition coefficient (Wildman–Crippen LogP) is 5.28. The van der Waals surface area contributed by atoms with Crippen LogP contribution in [0.3, 0.4) is 0 Å². The molecule has 1 aromatic rings. The number of benzene rings is 1. The van der Waals surface area contributed by atoms with Crippen LogP contribution < -0.4 is 11.1 Å². The first-order chi connectivity index (χ1) is 14.2. The molecule has 1 aliphatic rings. The molecule has 1 saturated carbocycles. The van der Waals surface area contributed by atoms with E-state index in [9.17, 15) is 9.59 Å². The number of hydrogen-bond donors (Lipinski definition) is 2. The van der Waals surface area contributed by atoms with Gasteiger partial charge in [-0.2, -0.15) is 0 Å². The topological polar surface area (TPSA) is 72.2 Å². The molecule has 0 aliphatic heterocycles. The molecule has 1 amide bonds. The molecule has 5 atom stereocenters. The van der Waals surface area contributed by atoms with Crippen LogP contribution in [-0.4, -0.2) is 17.7 Å². The Labute approximate surface area is 183 Å². The molecule has 4 nitrogen and oxygen atoms in total. The van der Waals surface area contributed by atoms with Crippen LogP contribution in [-0.2, 0) is 9.59 Å². The molecule has 0 radical (unpaired) electrons. The van der Waals surface area contributed by atoms with Crippen LogP contribution in [0.1, 0.15) is 84.7 Å². The van der Waals surface area contributed by atoms with Crippen molar-refractivity contribution in [1.82, 2.24) is 5.32 Å². The standard InChI is InChI=1S/C26H42N2O2/c1-17(2)15-23(27)26(30)28-24(20-9-7-6-8-10-20)13-14-25(29)22-16-19(5)11-12-21(22)18(3)4/h6-10,17-19,21-24H,11-16,27H2,1-5H3,(H,28,30)/t19-,21+,22-,23+,24-/m1/s1. The second kappa shape index (κ2) is 11.6. The van der Waals surface area contributed by atoms with Gasteiger partial charge in [-0.05, 0) is 54.9 Å². The van der Waals surface area contributed by atoms with E-state index in [-0.39, 0.29) is 17.9 Å². The zero-order chi connectivity index (χ0) is 22.3. The summed E-state index contributed by atoms with van der Waals surface area (Å²) in [5.41, 5.74) is 7.14. The minimum absolute atomic E-state index is 0.128. The van der Waals surface area contributed by atoms with E-state index in [1.165, 1.54) is 6.42 Å². The van der Waals surface area contributed by atoms with Gasteiger partial charge in [0.15, 0.2) is 0 Å². The summed E-state index contributed by atoms with van der Waals surface area (Å²) in [7, 11) is 0. The Bertz CT molecular complexity index is 671. The van der Waals surface area contributed by atoms with E-state index in [2.05, 4.69) is 39.9 Å². The number of nitrogens with two attached hydrogens (primary N) is 1. The summed E-state index contributed by atoms with van der Waals surface area (Å²) in [5, 5.41) is 3.12. The second-order valence-corrected chi connectivity index (χ2v) is 10.1. The van der Waals surface area contributed by atoms with Crippen molar-refractivity contribution in [3.8, 4) is 0 Å². The largest absolute Gasteiger partial charge is 0.348 e. The fourth-order valence-corrected chi connectivity index (χ4v) is 4.95. The lowest BCUT2D eigenvalue weighted by Gasteiger charge is -2.36. The molecule has 0 heterocycles. The van der Waals surface area contributed by atoms with Gasteiger partial charge >= 0.3 is 0 Å². The van der Waals surface area contributed by atoms with E-state index >= 15 is 0 Å². The van der Waals surface area contributed by atoms with E-state index in [0.29, 0.717) is 48.7 Å². The minimum Gasteiger partial charge on any atom is -0.348 e. The summed E-state index contributed by atoms with van der Waals surface area (Å²) in [6, 6.07) is 9.25. The maximum Gasteiger partial charge on any atom is 0.237 e. The van der Waals surface area contributed by atoms with Gasteiger partial charge in [-0.25, -0.2) is 0 Å². The van der Waals surface area contributed by atoms with E-state index in [1.54, 1.807) is 0 Å². The third-order valence-corrected chi connectivity index (χ3v) is 6.70. The lowest BCUT2D eigenvalue weighted by molar-refractivity contribution is -0.128. The van der Waals surface area contributed by atoms with Crippen molar-refractivity contribution in [3.63, 3.8) is 0 Å². The van der Waals surface area contributed by atoms with Crippen molar-refractivity contribution in [2.24, 2.45) is 35.3 Å². The van der Waals surface area contributed by atoms with Gasteiger partial charge in [0.2, 0.25) is 5.91 Å². The van der Waals surface area contributed by atoms with Crippen LogP contribution in [0, 0.1) is 29.6 Å². The van der Waals surface area contributed by atoms with Gasteiger partial charge in [0.25, 0.3) is 0 Å². The Balaban J connectivity index is 2.06. The summed E-state index contributed by atoms with van der Waals surface area (Å²) in [4.78, 5) is 25.9. The van der Waals surface area contributed by atoms with Gasteiger partial charge in [0.1, 0.15) is 5.78 Å². The molecule has 1 aromatic carbocycles. The number of amides is 1. The van der Waals surface area contributed by atoms with Crippen molar-refractivity contribution in [2.75, 3.05) is 0 Å². The fourth-order valence-electron chi connectivity index (χ4n) is 4.95. The van der Waals surface area contributed by atoms with Crippen LogP contribution in [0.25, 0.3) is 0 Å². The molecular formula is C26H42N2O2. The smallest absolute Gasteiger partial charge is 0.237 e. The minimum atomic E-state index is -0.517. The number of ketones is 1. The van der Waals surface area contributed by atoms with Crippen molar-refractivity contribution in [3.05, 3.63) is 35.9 Å². The summed E-state index contributed by atoms with van der Waals surface area (Å²) in [6.45, 7) is 10.9. The van der Waals surface area contributed by atoms with Crippen LogP contribution in [0.4, 0.5) is 0 Å². The summed E-state index contributed by atoms with van der Waals surface area (Å²) >= 11 is 0. The molecule has 0 spiro atoms. The first kappa shape index (κ1) is 24.6. The Hall–Kier alpha value is -1.68. The van der Waals surface area contributed by atoms with Crippen molar-refractivity contribution in [2.45, 2.75) is 85.2 Å². The molecule has 2 rings (SSSR count). The number of carbonyl (C=O) groups is 2. The van der Waals surface area contributed by atoms with Crippen LogP contribution in [0.15, 0.2) is 30.3 Å². The highest BCUT2D eigenvalue weighted by atomic mass is 16.2.